The van der Waals surface area contributed by atoms with Gasteiger partial charge in [0.05, 0.1) is 31.1 Å². The number of β-amino-alcohol motifs (C(OH)–C–C–N with tert-alkyl or cyclic N) is 1. The van der Waals surface area contributed by atoms with E-state index in [4.69, 9.17) is 13.9 Å². The van der Waals surface area contributed by atoms with Crippen molar-refractivity contribution < 1.29 is 23.8 Å². The van der Waals surface area contributed by atoms with E-state index >= 15 is 0 Å². The van der Waals surface area contributed by atoms with Crippen LogP contribution in [0.3, 0.4) is 0 Å². The highest BCUT2D eigenvalue weighted by Gasteiger charge is 2.23. The van der Waals surface area contributed by atoms with E-state index in [-0.39, 0.29) is 24.2 Å². The highest BCUT2D eigenvalue weighted by atomic mass is 16.5. The fourth-order valence-corrected chi connectivity index (χ4v) is 4.58. The van der Waals surface area contributed by atoms with Gasteiger partial charge in [-0.3, -0.25) is 9.69 Å². The van der Waals surface area contributed by atoms with Gasteiger partial charge in [-0.2, -0.15) is 4.98 Å². The molecular weight excluding hydrogens is 514 g/mol. The van der Waals surface area contributed by atoms with E-state index in [1.54, 1.807) is 6.07 Å². The Morgan fingerprint density at radius 1 is 1.27 bits per heavy atom. The van der Waals surface area contributed by atoms with Crippen molar-refractivity contribution in [2.75, 3.05) is 56.7 Å². The minimum absolute atomic E-state index is 0.123. The van der Waals surface area contributed by atoms with Crippen LogP contribution >= 0.6 is 0 Å². The summed E-state index contributed by atoms with van der Waals surface area (Å²) >= 11 is 0. The summed E-state index contributed by atoms with van der Waals surface area (Å²) < 4.78 is 16.5. The molecule has 12 heteroatoms. The highest BCUT2D eigenvalue weighted by Crippen LogP contribution is 2.25. The average Bonchev–Trinajstić information content (AvgIpc) is 3.36. The van der Waals surface area contributed by atoms with Crippen LogP contribution in [-0.2, 0) is 24.3 Å². The molecular formula is C28H37N7O5. The van der Waals surface area contributed by atoms with Gasteiger partial charge in [0.2, 0.25) is 5.95 Å². The molecule has 3 N–H and O–H groups in total. The first kappa shape index (κ1) is 27.8. The van der Waals surface area contributed by atoms with Crippen LogP contribution in [0.1, 0.15) is 40.0 Å². The summed E-state index contributed by atoms with van der Waals surface area (Å²) in [6, 6.07) is 7.91. The van der Waals surface area contributed by atoms with E-state index in [1.807, 2.05) is 31.9 Å². The lowest BCUT2D eigenvalue weighted by Crippen LogP contribution is -2.42. The summed E-state index contributed by atoms with van der Waals surface area (Å²) in [4.78, 5) is 30.1. The second-order valence-electron chi connectivity index (χ2n) is 10.3. The standard InChI is InChI=1S/C28H37N7O5/c1-4-34(3)28-32-24(10-26(33-28)31-21-14-38-15-21)27(37)29-11-22(36)13-35-8-7-19-9-23(6-5-20(19)12-35)39-16-25-18(2)30-17-40-25/h5-6,9-10,17,21-22,36H,4,7-8,11-16H2,1-3H3,(H,29,37)(H,31,32,33)/t22-/m0/s1. The van der Waals surface area contributed by atoms with E-state index in [2.05, 4.69) is 42.6 Å². The molecule has 0 aliphatic carbocycles. The van der Waals surface area contributed by atoms with E-state index in [9.17, 15) is 9.90 Å². The first-order valence-electron chi connectivity index (χ1n) is 13.6. The highest BCUT2D eigenvalue weighted by molar-refractivity contribution is 5.93. The Kier molecular flexibility index (Phi) is 8.78. The zero-order valence-corrected chi connectivity index (χ0v) is 23.2. The van der Waals surface area contributed by atoms with Crippen LogP contribution in [0.25, 0.3) is 0 Å². The number of aliphatic hydroxyl groups excluding tert-OH is 1. The minimum Gasteiger partial charge on any atom is -0.486 e. The number of rotatable bonds is 12. The molecule has 1 amide bonds. The number of aryl methyl sites for hydroxylation is 1. The van der Waals surface area contributed by atoms with Crippen molar-refractivity contribution in [3.8, 4) is 5.75 Å². The lowest BCUT2D eigenvalue weighted by Gasteiger charge is -2.30. The van der Waals surface area contributed by atoms with Gasteiger partial charge in [0.1, 0.15) is 23.9 Å². The molecule has 3 aromatic rings. The third-order valence-electron chi connectivity index (χ3n) is 7.20. The summed E-state index contributed by atoms with van der Waals surface area (Å²) in [7, 11) is 1.88. The number of ether oxygens (including phenoxy) is 2. The lowest BCUT2D eigenvalue weighted by atomic mass is 9.99. The number of aliphatic hydroxyl groups is 1. The molecule has 2 aliphatic rings. The predicted molar refractivity (Wildman–Crippen MR) is 149 cm³/mol. The van der Waals surface area contributed by atoms with Crippen LogP contribution in [0.5, 0.6) is 5.75 Å². The second kappa shape index (κ2) is 12.6. The Labute approximate surface area is 233 Å². The van der Waals surface area contributed by atoms with Crippen LogP contribution in [0.2, 0.25) is 0 Å². The summed E-state index contributed by atoms with van der Waals surface area (Å²) in [6.45, 7) is 8.24. The van der Waals surface area contributed by atoms with Gasteiger partial charge in [-0.1, -0.05) is 6.07 Å². The molecule has 2 aromatic heterocycles. The molecule has 214 valence electrons. The number of carbonyl (C=O) groups excluding carboxylic acids is 1. The average molecular weight is 552 g/mol. The molecule has 1 atom stereocenters. The zero-order valence-electron chi connectivity index (χ0n) is 23.2. The molecule has 0 spiro atoms. The van der Waals surface area contributed by atoms with Gasteiger partial charge < -0.3 is 34.5 Å². The van der Waals surface area contributed by atoms with Crippen molar-refractivity contribution in [2.45, 2.75) is 45.6 Å². The maximum atomic E-state index is 13.0. The number of carbonyl (C=O) groups is 1. The summed E-state index contributed by atoms with van der Waals surface area (Å²) in [5.41, 5.74) is 3.52. The van der Waals surface area contributed by atoms with Crippen molar-refractivity contribution in [3.05, 3.63) is 58.9 Å². The Balaban J connectivity index is 1.12. The fraction of sp³-hybridized carbons (Fsp3) is 0.500. The Bertz CT molecular complexity index is 1310. The van der Waals surface area contributed by atoms with Gasteiger partial charge in [0.25, 0.3) is 5.91 Å². The third-order valence-corrected chi connectivity index (χ3v) is 7.20. The number of amides is 1. The molecule has 4 heterocycles. The molecule has 0 bridgehead atoms. The van der Waals surface area contributed by atoms with Crippen molar-refractivity contribution >= 4 is 17.7 Å². The lowest BCUT2D eigenvalue weighted by molar-refractivity contribution is 0.0209. The number of nitrogens with one attached hydrogen (secondary N) is 2. The van der Waals surface area contributed by atoms with Gasteiger partial charge in [-0.05, 0) is 43.5 Å². The van der Waals surface area contributed by atoms with Crippen molar-refractivity contribution in [3.63, 3.8) is 0 Å². The van der Waals surface area contributed by atoms with Crippen LogP contribution in [0, 0.1) is 6.92 Å². The first-order chi connectivity index (χ1) is 19.4. The molecule has 0 unspecified atom stereocenters. The third kappa shape index (κ3) is 6.87. The van der Waals surface area contributed by atoms with Gasteiger partial charge in [-0.15, -0.1) is 0 Å². The number of aromatic nitrogens is 3. The van der Waals surface area contributed by atoms with Crippen molar-refractivity contribution in [1.29, 1.82) is 0 Å². The number of hydrogen-bond donors (Lipinski definition) is 3. The maximum absolute atomic E-state index is 13.0. The normalized spacial score (nSPS) is 16.1. The van der Waals surface area contributed by atoms with E-state index < -0.39 is 6.10 Å². The van der Waals surface area contributed by atoms with Crippen LogP contribution in [0.15, 0.2) is 35.1 Å². The van der Waals surface area contributed by atoms with Gasteiger partial charge in [0, 0.05) is 45.8 Å². The number of fused-ring (bicyclic) bond motifs is 1. The Hall–Kier alpha value is -3.74. The maximum Gasteiger partial charge on any atom is 0.270 e. The van der Waals surface area contributed by atoms with E-state index in [1.165, 1.54) is 17.5 Å². The topological polar surface area (TPSA) is 138 Å². The molecule has 5 rings (SSSR count). The van der Waals surface area contributed by atoms with Crippen LogP contribution < -0.4 is 20.3 Å². The predicted octanol–water partition coefficient (Wildman–Crippen LogP) is 1.77. The SMILES string of the molecule is CCN(C)c1nc(NC2COC2)cc(C(=O)NC[C@H](O)CN2CCc3cc(OCc4ocnc4C)ccc3C2)n1. The molecule has 1 saturated heterocycles. The van der Waals surface area contributed by atoms with Crippen LogP contribution in [-0.4, -0.2) is 89.5 Å². The summed E-state index contributed by atoms with van der Waals surface area (Å²) in [5.74, 6) is 2.21. The molecule has 1 aromatic carbocycles. The molecule has 2 aliphatic heterocycles. The monoisotopic (exact) mass is 551 g/mol. The molecule has 40 heavy (non-hydrogen) atoms. The number of nitrogens with zero attached hydrogens (tertiary/aromatic N) is 5. The fourth-order valence-electron chi connectivity index (χ4n) is 4.58. The van der Waals surface area contributed by atoms with Crippen molar-refractivity contribution in [2.24, 2.45) is 0 Å². The Morgan fingerprint density at radius 3 is 2.85 bits per heavy atom. The number of anilines is 2. The molecule has 1 fully saturated rings. The largest absolute Gasteiger partial charge is 0.486 e. The molecule has 0 radical (unpaired) electrons. The smallest absolute Gasteiger partial charge is 0.270 e. The van der Waals surface area contributed by atoms with Crippen LogP contribution in [0.4, 0.5) is 11.8 Å². The quantitative estimate of drug-likeness (QED) is 0.304. The summed E-state index contributed by atoms with van der Waals surface area (Å²) in [5, 5.41) is 16.8. The Morgan fingerprint density at radius 2 is 2.12 bits per heavy atom. The van der Waals surface area contributed by atoms with Crippen molar-refractivity contribution in [1.82, 2.24) is 25.2 Å². The number of hydrogen-bond acceptors (Lipinski definition) is 11. The van der Waals surface area contributed by atoms with Gasteiger partial charge in [-0.25, -0.2) is 9.97 Å². The second-order valence-corrected chi connectivity index (χ2v) is 10.3. The molecule has 12 nitrogen and oxygen atoms in total. The number of oxazole rings is 1. The zero-order chi connectivity index (χ0) is 28.1. The number of benzene rings is 1. The van der Waals surface area contributed by atoms with E-state index in [0.29, 0.717) is 44.7 Å². The van der Waals surface area contributed by atoms with E-state index in [0.717, 1.165) is 36.7 Å². The van der Waals surface area contributed by atoms with Gasteiger partial charge >= 0.3 is 0 Å². The molecule has 0 saturated carbocycles. The first-order valence-corrected chi connectivity index (χ1v) is 13.6. The summed E-state index contributed by atoms with van der Waals surface area (Å²) in [6.07, 6.45) is 1.56. The minimum atomic E-state index is -0.720. The van der Waals surface area contributed by atoms with Gasteiger partial charge in [0.15, 0.2) is 12.2 Å².